The quantitative estimate of drug-likeness (QED) is 0.341. The summed E-state index contributed by atoms with van der Waals surface area (Å²) in [5.41, 5.74) is 0.260. The summed E-state index contributed by atoms with van der Waals surface area (Å²) in [5, 5.41) is 7.97. The molecule has 33 heavy (non-hydrogen) atoms. The van der Waals surface area contributed by atoms with Gasteiger partial charge in [-0.15, -0.1) is 0 Å². The number of amides is 2. The van der Waals surface area contributed by atoms with Gasteiger partial charge in [-0.1, -0.05) is 67.1 Å². The maximum absolute atomic E-state index is 13.5. The Morgan fingerprint density at radius 1 is 0.909 bits per heavy atom. The number of hydrogen-bond donors (Lipinski definition) is 2. The highest BCUT2D eigenvalue weighted by molar-refractivity contribution is 7.73. The molecule has 4 rings (SSSR count). The van der Waals surface area contributed by atoms with Crippen LogP contribution in [0.4, 0.5) is 23.7 Å². The Morgan fingerprint density at radius 3 is 2.00 bits per heavy atom. The number of carbonyl (C=O) groups is 1. The van der Waals surface area contributed by atoms with Gasteiger partial charge in [-0.25, -0.2) is 18.0 Å². The molecular formula is C26H26F3N2OP. The van der Waals surface area contributed by atoms with Gasteiger partial charge >= 0.3 is 6.03 Å². The monoisotopic (exact) mass is 470 g/mol. The molecule has 3 nitrogen and oxygen atoms in total. The van der Waals surface area contributed by atoms with Crippen LogP contribution < -0.4 is 21.2 Å². The summed E-state index contributed by atoms with van der Waals surface area (Å²) in [4.78, 5) is 12.5. The Morgan fingerprint density at radius 2 is 1.45 bits per heavy atom. The first-order valence-electron chi connectivity index (χ1n) is 11.1. The number of hydrogen-bond acceptors (Lipinski definition) is 1. The molecule has 0 aromatic heterocycles. The molecule has 0 aliphatic heterocycles. The van der Waals surface area contributed by atoms with E-state index < -0.39 is 31.4 Å². The summed E-state index contributed by atoms with van der Waals surface area (Å²) in [6.45, 7) is 1.97. The summed E-state index contributed by atoms with van der Waals surface area (Å²) in [7, 11) is -0.622. The Hall–Kier alpha value is -2.85. The third kappa shape index (κ3) is 5.39. The number of carbonyl (C=O) groups excluding carboxylic acids is 1. The first-order valence-corrected chi connectivity index (χ1v) is 12.5. The maximum atomic E-state index is 13.5. The van der Waals surface area contributed by atoms with E-state index in [1.807, 2.05) is 19.1 Å². The van der Waals surface area contributed by atoms with Crippen LogP contribution in [0, 0.1) is 23.4 Å². The van der Waals surface area contributed by atoms with E-state index in [1.54, 1.807) is 0 Å². The van der Waals surface area contributed by atoms with Crippen molar-refractivity contribution < 1.29 is 18.0 Å². The number of urea groups is 1. The molecular weight excluding hydrogens is 444 g/mol. The average molecular weight is 470 g/mol. The van der Waals surface area contributed by atoms with E-state index in [0.29, 0.717) is 5.66 Å². The molecule has 7 heteroatoms. The summed E-state index contributed by atoms with van der Waals surface area (Å²) in [5.74, 6) is -3.99. The van der Waals surface area contributed by atoms with E-state index in [4.69, 9.17) is 0 Å². The van der Waals surface area contributed by atoms with Gasteiger partial charge in [-0.2, -0.15) is 0 Å². The summed E-state index contributed by atoms with van der Waals surface area (Å²) in [6, 6.07) is 21.8. The molecule has 1 aliphatic rings. The lowest BCUT2D eigenvalue weighted by Gasteiger charge is -2.33. The molecule has 0 saturated heterocycles. The molecule has 172 valence electrons. The maximum Gasteiger partial charge on any atom is 0.319 e. The Labute approximate surface area is 193 Å². The lowest BCUT2D eigenvalue weighted by molar-refractivity contribution is 0.244. The van der Waals surface area contributed by atoms with Crippen LogP contribution in [0.25, 0.3) is 0 Å². The molecule has 0 bridgehead atoms. The van der Waals surface area contributed by atoms with Crippen molar-refractivity contribution in [2.45, 2.75) is 37.9 Å². The minimum atomic E-state index is -1.56. The van der Waals surface area contributed by atoms with Crippen molar-refractivity contribution in [2.24, 2.45) is 5.92 Å². The molecule has 2 unspecified atom stereocenters. The van der Waals surface area contributed by atoms with Crippen molar-refractivity contribution in [1.29, 1.82) is 0 Å². The summed E-state index contributed by atoms with van der Waals surface area (Å²) < 4.78 is 40.1. The molecule has 2 N–H and O–H groups in total. The second-order valence-electron chi connectivity index (χ2n) is 8.34. The molecule has 0 heterocycles. The van der Waals surface area contributed by atoms with Gasteiger partial charge in [0.1, 0.15) is 0 Å². The molecule has 3 atom stereocenters. The van der Waals surface area contributed by atoms with Crippen molar-refractivity contribution in [3.63, 3.8) is 0 Å². The largest absolute Gasteiger partial charge is 0.335 e. The van der Waals surface area contributed by atoms with Gasteiger partial charge in [0.25, 0.3) is 0 Å². The van der Waals surface area contributed by atoms with E-state index in [1.165, 1.54) is 10.6 Å². The van der Waals surface area contributed by atoms with E-state index in [9.17, 15) is 18.0 Å². The second-order valence-corrected chi connectivity index (χ2v) is 10.8. The highest BCUT2D eigenvalue weighted by atomic mass is 31.1. The van der Waals surface area contributed by atoms with Crippen LogP contribution in [0.1, 0.15) is 26.2 Å². The first kappa shape index (κ1) is 23.3. The van der Waals surface area contributed by atoms with Gasteiger partial charge in [-0.3, -0.25) is 0 Å². The molecule has 1 aliphatic carbocycles. The zero-order chi connectivity index (χ0) is 23.4. The summed E-state index contributed by atoms with van der Waals surface area (Å²) in [6.07, 6.45) is 3.14. The average Bonchev–Trinajstić information content (AvgIpc) is 3.28. The lowest BCUT2D eigenvalue weighted by Crippen LogP contribution is -2.43. The number of nitrogens with one attached hydrogen (secondary N) is 2. The third-order valence-electron chi connectivity index (χ3n) is 6.17. The molecule has 0 radical (unpaired) electrons. The van der Waals surface area contributed by atoms with Gasteiger partial charge in [-0.05, 0) is 49.9 Å². The zero-order valence-electron chi connectivity index (χ0n) is 18.3. The molecule has 1 fully saturated rings. The smallest absolute Gasteiger partial charge is 0.319 e. The van der Waals surface area contributed by atoms with Crippen molar-refractivity contribution in [3.8, 4) is 0 Å². The predicted octanol–water partition coefficient (Wildman–Crippen LogP) is 5.92. The Kier molecular flexibility index (Phi) is 7.34. The van der Waals surface area contributed by atoms with Crippen LogP contribution in [0.3, 0.4) is 0 Å². The van der Waals surface area contributed by atoms with Gasteiger partial charge < -0.3 is 10.6 Å². The van der Waals surface area contributed by atoms with Crippen molar-refractivity contribution >= 4 is 30.2 Å². The van der Waals surface area contributed by atoms with E-state index >= 15 is 0 Å². The van der Waals surface area contributed by atoms with E-state index in [2.05, 4.69) is 59.2 Å². The van der Waals surface area contributed by atoms with Crippen LogP contribution >= 0.6 is 7.92 Å². The minimum absolute atomic E-state index is 0.130. The zero-order valence-corrected chi connectivity index (χ0v) is 19.2. The van der Waals surface area contributed by atoms with Crippen molar-refractivity contribution in [2.75, 3.05) is 5.32 Å². The number of rotatable bonds is 6. The molecule has 0 spiro atoms. The fraction of sp³-hybridized carbons (Fsp3) is 0.269. The standard InChI is InChI=1S/C26H26F3N2OP/c1-17(30-26(32)31-18-15-22(27)25(29)23(28)16-18)21-13-8-14-24(21)33(19-9-4-2-5-10-19)20-11-6-3-7-12-20/h2-7,9-12,15-17,21,24H,8,13-14H2,1H3,(H2,30,31,32)/t17-,21?,24?/m1/s1. The van der Waals surface area contributed by atoms with Crippen LogP contribution in [0.5, 0.6) is 0 Å². The van der Waals surface area contributed by atoms with Crippen molar-refractivity contribution in [1.82, 2.24) is 5.32 Å². The molecule has 2 amide bonds. The minimum Gasteiger partial charge on any atom is -0.335 e. The third-order valence-corrected chi connectivity index (χ3v) is 9.19. The fourth-order valence-corrected chi connectivity index (χ4v) is 7.97. The Bertz CT molecular complexity index is 1030. The highest BCUT2D eigenvalue weighted by Gasteiger charge is 2.38. The van der Waals surface area contributed by atoms with Gasteiger partial charge in [0.15, 0.2) is 17.5 Å². The van der Waals surface area contributed by atoms with Gasteiger partial charge in [0.2, 0.25) is 0 Å². The molecule has 3 aromatic rings. The van der Waals surface area contributed by atoms with Gasteiger partial charge in [0, 0.05) is 23.9 Å². The van der Waals surface area contributed by atoms with E-state index in [-0.39, 0.29) is 17.6 Å². The molecule has 1 saturated carbocycles. The normalized spacial score (nSPS) is 18.8. The highest BCUT2D eigenvalue weighted by Crippen LogP contribution is 2.50. The van der Waals surface area contributed by atoms with Crippen molar-refractivity contribution in [3.05, 3.63) is 90.2 Å². The number of benzene rings is 3. The Balaban J connectivity index is 1.51. The fourth-order valence-electron chi connectivity index (χ4n) is 4.69. The topological polar surface area (TPSA) is 41.1 Å². The molecule has 3 aromatic carbocycles. The number of anilines is 1. The van der Waals surface area contributed by atoms with Crippen LogP contribution in [-0.2, 0) is 0 Å². The first-order chi connectivity index (χ1) is 15.9. The van der Waals surface area contributed by atoms with Crippen LogP contribution in [0.2, 0.25) is 0 Å². The van der Waals surface area contributed by atoms with Crippen LogP contribution in [0.15, 0.2) is 72.8 Å². The second kappa shape index (κ2) is 10.4. The SMILES string of the molecule is C[C@@H](NC(=O)Nc1cc(F)c(F)c(F)c1)C1CCCC1P(c1ccccc1)c1ccccc1. The number of halogens is 3. The predicted molar refractivity (Wildman–Crippen MR) is 128 cm³/mol. The van der Waals surface area contributed by atoms with E-state index in [0.717, 1.165) is 31.4 Å². The summed E-state index contributed by atoms with van der Waals surface area (Å²) >= 11 is 0. The van der Waals surface area contributed by atoms with Gasteiger partial charge in [0.05, 0.1) is 0 Å². The lowest BCUT2D eigenvalue weighted by atomic mass is 9.99. The van der Waals surface area contributed by atoms with Crippen LogP contribution in [-0.4, -0.2) is 17.7 Å².